The van der Waals surface area contributed by atoms with Crippen molar-refractivity contribution < 1.29 is 4.42 Å². The largest absolute Gasteiger partial charge is 0.469 e. The number of furan rings is 1. The smallest absolute Gasteiger partial charge is 0.107 e. The molecule has 0 spiro atoms. The summed E-state index contributed by atoms with van der Waals surface area (Å²) in [7, 11) is 0. The van der Waals surface area contributed by atoms with Gasteiger partial charge in [-0.25, -0.2) is 0 Å². The van der Waals surface area contributed by atoms with Crippen molar-refractivity contribution in [3.8, 4) is 0 Å². The van der Waals surface area contributed by atoms with Crippen molar-refractivity contribution in [3.63, 3.8) is 0 Å². The van der Waals surface area contributed by atoms with E-state index >= 15 is 0 Å². The molecule has 0 aliphatic heterocycles. The van der Waals surface area contributed by atoms with Crippen LogP contribution < -0.4 is 0 Å². The second-order valence-electron chi connectivity index (χ2n) is 4.19. The highest BCUT2D eigenvalue weighted by Gasteiger charge is 2.20. The third kappa shape index (κ3) is 3.33. The number of rotatable bonds is 7. The van der Waals surface area contributed by atoms with Crippen LogP contribution >= 0.6 is 0 Å². The standard InChI is InChI=1S/C13H20N2O/c1-3-5-12(15)8-11(9-14)10(2)13-6-4-7-16-13/h4,6-7,9-11,14-15H,3,5,8H2,1-2H3. The van der Waals surface area contributed by atoms with E-state index < -0.39 is 0 Å². The molecule has 0 aromatic carbocycles. The highest BCUT2D eigenvalue weighted by molar-refractivity contribution is 5.84. The Balaban J connectivity index is 2.60. The lowest BCUT2D eigenvalue weighted by Crippen LogP contribution is -2.15. The van der Waals surface area contributed by atoms with E-state index in [1.165, 1.54) is 6.21 Å². The van der Waals surface area contributed by atoms with Gasteiger partial charge >= 0.3 is 0 Å². The van der Waals surface area contributed by atoms with Crippen molar-refractivity contribution in [1.82, 2.24) is 0 Å². The summed E-state index contributed by atoms with van der Waals surface area (Å²) in [6.45, 7) is 4.12. The van der Waals surface area contributed by atoms with Crippen LogP contribution in [-0.4, -0.2) is 11.9 Å². The summed E-state index contributed by atoms with van der Waals surface area (Å²) in [6.07, 6.45) is 5.59. The van der Waals surface area contributed by atoms with Crippen LogP contribution in [0.3, 0.4) is 0 Å². The predicted octanol–water partition coefficient (Wildman–Crippen LogP) is 3.86. The van der Waals surface area contributed by atoms with Crippen molar-refractivity contribution in [2.24, 2.45) is 5.92 Å². The van der Waals surface area contributed by atoms with Gasteiger partial charge in [-0.1, -0.05) is 20.3 Å². The van der Waals surface area contributed by atoms with E-state index in [1.54, 1.807) is 6.26 Å². The lowest BCUT2D eigenvalue weighted by Gasteiger charge is -2.18. The lowest BCUT2D eigenvalue weighted by molar-refractivity contribution is 0.438. The molecular weight excluding hydrogens is 200 g/mol. The molecule has 2 atom stereocenters. The Kier molecular flexibility index (Phi) is 4.96. The second-order valence-corrected chi connectivity index (χ2v) is 4.19. The molecule has 2 unspecified atom stereocenters. The summed E-state index contributed by atoms with van der Waals surface area (Å²) in [4.78, 5) is 0. The van der Waals surface area contributed by atoms with Crippen LogP contribution in [0.5, 0.6) is 0 Å². The molecule has 0 bridgehead atoms. The predicted molar refractivity (Wildman–Crippen MR) is 66.6 cm³/mol. The molecule has 0 fully saturated rings. The summed E-state index contributed by atoms with van der Waals surface area (Å²) >= 11 is 0. The van der Waals surface area contributed by atoms with Gasteiger partial charge in [-0.2, -0.15) is 0 Å². The average Bonchev–Trinajstić information content (AvgIpc) is 2.78. The zero-order chi connectivity index (χ0) is 12.0. The van der Waals surface area contributed by atoms with Gasteiger partial charge in [-0.15, -0.1) is 0 Å². The third-order valence-electron chi connectivity index (χ3n) is 2.88. The van der Waals surface area contributed by atoms with Gasteiger partial charge in [-0.05, 0) is 31.2 Å². The minimum atomic E-state index is 0.0743. The summed E-state index contributed by atoms with van der Waals surface area (Å²) < 4.78 is 5.35. The summed E-state index contributed by atoms with van der Waals surface area (Å²) in [5, 5.41) is 15.3. The van der Waals surface area contributed by atoms with Crippen LogP contribution in [0.25, 0.3) is 0 Å². The molecule has 88 valence electrons. The third-order valence-corrected chi connectivity index (χ3v) is 2.88. The summed E-state index contributed by atoms with van der Waals surface area (Å²) in [5.41, 5.74) is 0.731. The zero-order valence-electron chi connectivity index (χ0n) is 9.99. The molecule has 0 amide bonds. The van der Waals surface area contributed by atoms with Crippen LogP contribution in [0.2, 0.25) is 0 Å². The fourth-order valence-corrected chi connectivity index (χ4v) is 1.83. The number of hydrogen-bond donors (Lipinski definition) is 2. The molecule has 3 heteroatoms. The van der Waals surface area contributed by atoms with E-state index in [9.17, 15) is 0 Å². The van der Waals surface area contributed by atoms with E-state index in [2.05, 4.69) is 6.92 Å². The van der Waals surface area contributed by atoms with Crippen molar-refractivity contribution >= 4 is 11.9 Å². The normalized spacial score (nSPS) is 14.4. The molecule has 0 saturated carbocycles. The Bertz CT molecular complexity index is 330. The Labute approximate surface area is 96.9 Å². The molecule has 1 rings (SSSR count). The molecule has 0 saturated heterocycles. The topological polar surface area (TPSA) is 60.8 Å². The quantitative estimate of drug-likeness (QED) is 0.673. The first-order valence-electron chi connectivity index (χ1n) is 5.79. The monoisotopic (exact) mass is 220 g/mol. The van der Waals surface area contributed by atoms with E-state index in [0.717, 1.165) is 24.3 Å². The number of hydrogen-bond acceptors (Lipinski definition) is 3. The Morgan fingerprint density at radius 2 is 2.31 bits per heavy atom. The SMILES string of the molecule is CCCC(=N)CC(C=N)C(C)c1ccco1. The van der Waals surface area contributed by atoms with Crippen LogP contribution in [0.4, 0.5) is 0 Å². The molecule has 1 aromatic heterocycles. The first-order valence-corrected chi connectivity index (χ1v) is 5.79. The van der Waals surface area contributed by atoms with Gasteiger partial charge < -0.3 is 15.2 Å². The molecule has 1 heterocycles. The van der Waals surface area contributed by atoms with Crippen LogP contribution in [0.1, 0.15) is 44.8 Å². The average molecular weight is 220 g/mol. The highest BCUT2D eigenvalue weighted by Crippen LogP contribution is 2.26. The molecule has 0 aliphatic rings. The molecule has 1 aromatic rings. The fourth-order valence-electron chi connectivity index (χ4n) is 1.83. The van der Waals surface area contributed by atoms with Gasteiger partial charge in [0.25, 0.3) is 0 Å². The van der Waals surface area contributed by atoms with Gasteiger partial charge in [-0.3, -0.25) is 0 Å². The maximum atomic E-state index is 7.81. The molecular formula is C13H20N2O. The second kappa shape index (κ2) is 6.26. The van der Waals surface area contributed by atoms with Gasteiger partial charge in [0, 0.05) is 17.5 Å². The first-order chi connectivity index (χ1) is 7.69. The highest BCUT2D eigenvalue weighted by atomic mass is 16.3. The molecule has 0 aliphatic carbocycles. The number of nitrogens with one attached hydrogen (secondary N) is 2. The Hall–Kier alpha value is -1.38. The van der Waals surface area contributed by atoms with E-state index in [0.29, 0.717) is 6.42 Å². The van der Waals surface area contributed by atoms with Gasteiger partial charge in [0.15, 0.2) is 0 Å². The maximum Gasteiger partial charge on any atom is 0.107 e. The maximum absolute atomic E-state index is 7.81. The summed E-state index contributed by atoms with van der Waals surface area (Å²) in [6, 6.07) is 3.80. The van der Waals surface area contributed by atoms with E-state index in [1.807, 2.05) is 19.1 Å². The van der Waals surface area contributed by atoms with Crippen molar-refractivity contribution in [2.45, 2.75) is 39.0 Å². The Morgan fingerprint density at radius 1 is 1.56 bits per heavy atom. The van der Waals surface area contributed by atoms with Crippen LogP contribution in [0.15, 0.2) is 22.8 Å². The van der Waals surface area contributed by atoms with Crippen molar-refractivity contribution in [2.75, 3.05) is 0 Å². The van der Waals surface area contributed by atoms with E-state index in [-0.39, 0.29) is 11.8 Å². The molecule has 2 N–H and O–H groups in total. The van der Waals surface area contributed by atoms with E-state index in [4.69, 9.17) is 15.2 Å². The van der Waals surface area contributed by atoms with Crippen molar-refractivity contribution in [3.05, 3.63) is 24.2 Å². The molecule has 16 heavy (non-hydrogen) atoms. The molecule has 0 radical (unpaired) electrons. The fraction of sp³-hybridized carbons (Fsp3) is 0.538. The zero-order valence-corrected chi connectivity index (χ0v) is 9.99. The van der Waals surface area contributed by atoms with Gasteiger partial charge in [0.05, 0.1) is 6.26 Å². The lowest BCUT2D eigenvalue weighted by atomic mass is 9.87. The Morgan fingerprint density at radius 3 is 2.81 bits per heavy atom. The van der Waals surface area contributed by atoms with Gasteiger partial charge in [0.2, 0.25) is 0 Å². The van der Waals surface area contributed by atoms with Crippen LogP contribution in [-0.2, 0) is 0 Å². The molecule has 3 nitrogen and oxygen atoms in total. The minimum absolute atomic E-state index is 0.0743. The summed E-state index contributed by atoms with van der Waals surface area (Å²) in [5.74, 6) is 1.15. The first kappa shape index (κ1) is 12.7. The van der Waals surface area contributed by atoms with Crippen LogP contribution in [0, 0.1) is 16.7 Å². The van der Waals surface area contributed by atoms with Gasteiger partial charge in [0.1, 0.15) is 5.76 Å². The van der Waals surface area contributed by atoms with Crippen molar-refractivity contribution in [1.29, 1.82) is 10.8 Å². The minimum Gasteiger partial charge on any atom is -0.469 e.